The lowest BCUT2D eigenvalue weighted by Crippen LogP contribution is -2.41. The average Bonchev–Trinajstić information content (AvgIpc) is 2.94. The van der Waals surface area contributed by atoms with E-state index in [1.807, 2.05) is 27.7 Å². The second kappa shape index (κ2) is 4.61. The smallest absolute Gasteiger partial charge is 0.398 e. The number of nitrogens with zero attached hydrogens (tertiary/aromatic N) is 4. The molecule has 21 heavy (non-hydrogen) atoms. The van der Waals surface area contributed by atoms with Crippen LogP contribution in [0.3, 0.4) is 0 Å². The first-order chi connectivity index (χ1) is 9.78. The third-order valence-electron chi connectivity index (χ3n) is 3.98. The highest BCUT2D eigenvalue weighted by Gasteiger charge is 2.52. The number of halogens is 1. The average molecular weight is 290 g/mol. The molecule has 1 aliphatic heterocycles. The molecular formula is C13H16BFN4O2. The van der Waals surface area contributed by atoms with Gasteiger partial charge in [-0.1, -0.05) is 5.21 Å². The molecule has 0 saturated carbocycles. The van der Waals surface area contributed by atoms with E-state index in [0.29, 0.717) is 11.3 Å². The molecule has 0 N–H and O–H groups in total. The molecule has 0 aliphatic carbocycles. The van der Waals surface area contributed by atoms with Crippen molar-refractivity contribution < 1.29 is 13.7 Å². The Labute approximate surface area is 122 Å². The molecule has 0 atom stereocenters. The molecule has 0 bridgehead atoms. The van der Waals surface area contributed by atoms with Crippen molar-refractivity contribution in [1.82, 2.24) is 20.0 Å². The van der Waals surface area contributed by atoms with E-state index in [4.69, 9.17) is 9.31 Å². The van der Waals surface area contributed by atoms with Crippen LogP contribution >= 0.6 is 0 Å². The zero-order chi connectivity index (χ0) is 15.3. The van der Waals surface area contributed by atoms with Gasteiger partial charge in [0.1, 0.15) is 5.59 Å². The second-order valence-corrected chi connectivity index (χ2v) is 6.02. The third-order valence-corrected chi connectivity index (χ3v) is 3.98. The Hall–Kier alpha value is -1.80. The SMILES string of the molecule is CC1(C)OB(c2cn(-c3ccc(F)nc3)nn2)OC1(C)C. The number of pyridine rings is 1. The Balaban J connectivity index is 1.85. The molecule has 2 aromatic heterocycles. The maximum atomic E-state index is 12.8. The predicted molar refractivity (Wildman–Crippen MR) is 74.8 cm³/mol. The lowest BCUT2D eigenvalue weighted by molar-refractivity contribution is 0.00578. The summed E-state index contributed by atoms with van der Waals surface area (Å²) in [6, 6.07) is 2.84. The second-order valence-electron chi connectivity index (χ2n) is 6.02. The minimum atomic E-state index is -0.572. The van der Waals surface area contributed by atoms with Gasteiger partial charge in [0.15, 0.2) is 0 Å². The molecule has 0 spiro atoms. The van der Waals surface area contributed by atoms with Crippen LogP contribution in [0.1, 0.15) is 27.7 Å². The van der Waals surface area contributed by atoms with Crippen LogP contribution in [0.2, 0.25) is 0 Å². The Kier molecular flexibility index (Phi) is 3.10. The minimum Gasteiger partial charge on any atom is -0.398 e. The fourth-order valence-electron chi connectivity index (χ4n) is 1.98. The minimum absolute atomic E-state index is 0.432. The maximum Gasteiger partial charge on any atom is 0.518 e. The summed E-state index contributed by atoms with van der Waals surface area (Å²) in [6.07, 6.45) is 3.08. The van der Waals surface area contributed by atoms with E-state index < -0.39 is 24.3 Å². The highest BCUT2D eigenvalue weighted by molar-refractivity contribution is 6.61. The van der Waals surface area contributed by atoms with Crippen LogP contribution in [0, 0.1) is 5.95 Å². The van der Waals surface area contributed by atoms with Crippen LogP contribution in [-0.4, -0.2) is 38.3 Å². The van der Waals surface area contributed by atoms with Crippen molar-refractivity contribution in [3.8, 4) is 5.69 Å². The van der Waals surface area contributed by atoms with Gasteiger partial charge in [-0.3, -0.25) is 0 Å². The molecule has 0 radical (unpaired) electrons. The first-order valence-electron chi connectivity index (χ1n) is 6.68. The van der Waals surface area contributed by atoms with Gasteiger partial charge < -0.3 is 9.31 Å². The van der Waals surface area contributed by atoms with E-state index in [2.05, 4.69) is 15.3 Å². The molecule has 1 saturated heterocycles. The van der Waals surface area contributed by atoms with E-state index in [9.17, 15) is 4.39 Å². The predicted octanol–water partition coefficient (Wildman–Crippen LogP) is 1.10. The number of hydrogen-bond acceptors (Lipinski definition) is 5. The van der Waals surface area contributed by atoms with Crippen molar-refractivity contribution in [2.75, 3.05) is 0 Å². The zero-order valence-corrected chi connectivity index (χ0v) is 12.4. The van der Waals surface area contributed by atoms with E-state index in [0.717, 1.165) is 0 Å². The fourth-order valence-corrected chi connectivity index (χ4v) is 1.98. The summed E-state index contributed by atoms with van der Waals surface area (Å²) in [5, 5.41) is 8.07. The van der Waals surface area contributed by atoms with Crippen molar-refractivity contribution in [2.24, 2.45) is 0 Å². The largest absolute Gasteiger partial charge is 0.518 e. The Morgan fingerprint density at radius 3 is 2.38 bits per heavy atom. The standard InChI is InChI=1S/C13H16BFN4O2/c1-12(2)13(3,4)21-14(20-12)10-8-19(18-17-10)9-5-6-11(15)16-7-9/h5-8H,1-4H3. The molecule has 110 valence electrons. The topological polar surface area (TPSA) is 62.1 Å². The van der Waals surface area contributed by atoms with Gasteiger partial charge in [0.2, 0.25) is 5.95 Å². The summed E-state index contributed by atoms with van der Waals surface area (Å²) < 4.78 is 26.1. The van der Waals surface area contributed by atoms with Crippen molar-refractivity contribution >= 4 is 12.7 Å². The van der Waals surface area contributed by atoms with Gasteiger partial charge in [-0.05, 0) is 39.8 Å². The molecule has 6 nitrogen and oxygen atoms in total. The van der Waals surface area contributed by atoms with Crippen molar-refractivity contribution in [2.45, 2.75) is 38.9 Å². The molecule has 0 amide bonds. The molecule has 2 aromatic rings. The monoisotopic (exact) mass is 290 g/mol. The Morgan fingerprint density at radius 2 is 1.81 bits per heavy atom. The van der Waals surface area contributed by atoms with E-state index in [1.54, 1.807) is 12.3 Å². The van der Waals surface area contributed by atoms with Crippen LogP contribution in [0.15, 0.2) is 24.5 Å². The van der Waals surface area contributed by atoms with Crippen LogP contribution in [0.5, 0.6) is 0 Å². The quantitative estimate of drug-likeness (QED) is 0.612. The summed E-state index contributed by atoms with van der Waals surface area (Å²) in [6.45, 7) is 7.89. The molecule has 0 unspecified atom stereocenters. The highest BCUT2D eigenvalue weighted by Crippen LogP contribution is 2.36. The zero-order valence-electron chi connectivity index (χ0n) is 12.4. The van der Waals surface area contributed by atoms with Crippen LogP contribution in [0.4, 0.5) is 4.39 Å². The van der Waals surface area contributed by atoms with Gasteiger partial charge in [-0.15, -0.1) is 5.10 Å². The number of aromatic nitrogens is 4. The highest BCUT2D eigenvalue weighted by atomic mass is 19.1. The van der Waals surface area contributed by atoms with Crippen LogP contribution in [-0.2, 0) is 9.31 Å². The van der Waals surface area contributed by atoms with Gasteiger partial charge >= 0.3 is 7.12 Å². The van der Waals surface area contributed by atoms with E-state index >= 15 is 0 Å². The first-order valence-corrected chi connectivity index (χ1v) is 6.68. The van der Waals surface area contributed by atoms with E-state index in [1.165, 1.54) is 16.9 Å². The first kappa shape index (κ1) is 14.2. The summed E-state index contributed by atoms with van der Waals surface area (Å²) in [5.74, 6) is -0.537. The number of hydrogen-bond donors (Lipinski definition) is 0. The number of rotatable bonds is 2. The van der Waals surface area contributed by atoms with Gasteiger partial charge in [0, 0.05) is 0 Å². The summed E-state index contributed by atoms with van der Waals surface area (Å²) in [4.78, 5) is 3.59. The molecular weight excluding hydrogens is 274 g/mol. The van der Waals surface area contributed by atoms with Crippen molar-refractivity contribution in [1.29, 1.82) is 0 Å². The fraction of sp³-hybridized carbons (Fsp3) is 0.462. The van der Waals surface area contributed by atoms with E-state index in [-0.39, 0.29) is 0 Å². The normalized spacial score (nSPS) is 20.0. The molecule has 8 heteroatoms. The van der Waals surface area contributed by atoms with Crippen LogP contribution in [0.25, 0.3) is 5.69 Å². The summed E-state index contributed by atoms with van der Waals surface area (Å²) in [7, 11) is -0.572. The van der Waals surface area contributed by atoms with Crippen molar-refractivity contribution in [3.05, 3.63) is 30.5 Å². The molecule has 0 aromatic carbocycles. The molecule has 3 rings (SSSR count). The molecule has 1 aliphatic rings. The van der Waals surface area contributed by atoms with Gasteiger partial charge in [0.05, 0.1) is 29.3 Å². The van der Waals surface area contributed by atoms with Gasteiger partial charge in [-0.2, -0.15) is 4.39 Å². The third kappa shape index (κ3) is 2.45. The lowest BCUT2D eigenvalue weighted by atomic mass is 9.86. The van der Waals surface area contributed by atoms with Gasteiger partial charge in [-0.25, -0.2) is 9.67 Å². The lowest BCUT2D eigenvalue weighted by Gasteiger charge is -2.32. The maximum absolute atomic E-state index is 12.8. The van der Waals surface area contributed by atoms with Crippen LogP contribution < -0.4 is 5.59 Å². The Bertz CT molecular complexity index is 640. The Morgan fingerprint density at radius 1 is 1.14 bits per heavy atom. The summed E-state index contributed by atoms with van der Waals surface area (Å²) >= 11 is 0. The molecule has 1 fully saturated rings. The van der Waals surface area contributed by atoms with Gasteiger partial charge in [0.25, 0.3) is 0 Å². The van der Waals surface area contributed by atoms with Crippen molar-refractivity contribution in [3.63, 3.8) is 0 Å². The summed E-state index contributed by atoms with van der Waals surface area (Å²) in [5.41, 5.74) is 0.322. The molecule has 3 heterocycles.